The molecule has 3 rings (SSSR count). The molecule has 0 spiro atoms. The molecule has 1 aliphatic rings. The van der Waals surface area contributed by atoms with Gasteiger partial charge in [-0.2, -0.15) is 0 Å². The van der Waals surface area contributed by atoms with E-state index in [1.54, 1.807) is 25.1 Å². The van der Waals surface area contributed by atoms with Gasteiger partial charge < -0.3 is 10.1 Å². The van der Waals surface area contributed by atoms with Gasteiger partial charge in [0.25, 0.3) is 17.7 Å². The molecule has 0 bridgehead atoms. The quantitative estimate of drug-likeness (QED) is 0.117. The molecule has 7 nitrogen and oxygen atoms in total. The first-order valence-electron chi connectivity index (χ1n) is 10.3. The average molecular weight is 946 g/mol. The summed E-state index contributed by atoms with van der Waals surface area (Å²) in [6.07, 6.45) is 0.212. The van der Waals surface area contributed by atoms with Crippen molar-refractivity contribution in [3.05, 3.63) is 54.2 Å². The third kappa shape index (κ3) is 6.25. The molecule has 0 aliphatic carbocycles. The van der Waals surface area contributed by atoms with Crippen LogP contribution in [0.4, 0.5) is 5.69 Å². The van der Waals surface area contributed by atoms with Gasteiger partial charge in [0, 0.05) is 25.0 Å². The van der Waals surface area contributed by atoms with Crippen LogP contribution in [0, 0.1) is 27.1 Å². The number of carbonyl (C=O) groups is 4. The van der Waals surface area contributed by atoms with Crippen molar-refractivity contribution in [1.29, 1.82) is 0 Å². The lowest BCUT2D eigenvalue weighted by molar-refractivity contribution is -0.151. The molecule has 1 unspecified atom stereocenters. The van der Waals surface area contributed by atoms with E-state index in [4.69, 9.17) is 16.3 Å². The van der Waals surface area contributed by atoms with E-state index >= 15 is 0 Å². The number of halogens is 5. The molecular formula is C23H19ClI4N2O5. The Labute approximate surface area is 262 Å². The summed E-state index contributed by atoms with van der Waals surface area (Å²) in [5, 5.41) is 3.22. The zero-order valence-electron chi connectivity index (χ0n) is 18.7. The van der Waals surface area contributed by atoms with E-state index in [2.05, 4.69) is 95.7 Å². The lowest BCUT2D eigenvalue weighted by atomic mass is 10.0. The third-order valence-electron chi connectivity index (χ3n) is 5.22. The van der Waals surface area contributed by atoms with Crippen LogP contribution in [0.25, 0.3) is 0 Å². The molecule has 1 N–H and O–H groups in total. The summed E-state index contributed by atoms with van der Waals surface area (Å²) >= 11 is 14.4. The lowest BCUT2D eigenvalue weighted by Gasteiger charge is -2.26. The first kappa shape index (κ1) is 29.3. The van der Waals surface area contributed by atoms with E-state index < -0.39 is 36.3 Å². The minimum absolute atomic E-state index is 0.0131. The van der Waals surface area contributed by atoms with Gasteiger partial charge in [-0.1, -0.05) is 25.4 Å². The number of benzene rings is 2. The van der Waals surface area contributed by atoms with Crippen molar-refractivity contribution < 1.29 is 23.9 Å². The Hall–Kier alpha value is -0.270. The Bertz CT molecular complexity index is 1200. The number of rotatable bonds is 7. The molecule has 0 saturated carbocycles. The second kappa shape index (κ2) is 12.1. The van der Waals surface area contributed by atoms with Crippen molar-refractivity contribution >= 4 is 131 Å². The van der Waals surface area contributed by atoms with Crippen LogP contribution in [-0.2, 0) is 14.3 Å². The Morgan fingerprint density at radius 1 is 1.00 bits per heavy atom. The number of fused-ring (bicyclic) bond motifs is 1. The van der Waals surface area contributed by atoms with E-state index in [1.165, 1.54) is 0 Å². The van der Waals surface area contributed by atoms with Crippen LogP contribution < -0.4 is 5.32 Å². The van der Waals surface area contributed by atoms with Gasteiger partial charge in [-0.25, -0.2) is 4.79 Å². The van der Waals surface area contributed by atoms with E-state index in [-0.39, 0.29) is 12.3 Å². The molecule has 0 fully saturated rings. The number of carbonyl (C=O) groups excluding carboxylic acids is 4. The number of aryl methyl sites for hydroxylation is 1. The maximum Gasteiger partial charge on any atom is 0.329 e. The number of nitrogens with one attached hydrogen (secondary N) is 1. The van der Waals surface area contributed by atoms with Gasteiger partial charge in [-0.15, -0.1) is 0 Å². The molecule has 2 aromatic rings. The fourth-order valence-corrected chi connectivity index (χ4v) is 7.47. The molecule has 12 heteroatoms. The van der Waals surface area contributed by atoms with Crippen molar-refractivity contribution in [1.82, 2.24) is 4.90 Å². The number of hydrogen-bond donors (Lipinski definition) is 1. The fourth-order valence-electron chi connectivity index (χ4n) is 3.59. The van der Waals surface area contributed by atoms with Gasteiger partial charge in [-0.05, 0) is 133 Å². The van der Waals surface area contributed by atoms with Crippen molar-refractivity contribution in [2.45, 2.75) is 33.2 Å². The number of amides is 3. The number of imide groups is 1. The number of ether oxygens (including phenoxy) is 1. The SMILES string of the molecule is Cc1cc(Cl)ccc1NC(=O)COC(=O)C(CC(C)C)N1C(=O)c2c(I)c(I)c(I)c(I)c2C1=O. The van der Waals surface area contributed by atoms with Gasteiger partial charge in [0.2, 0.25) is 0 Å². The van der Waals surface area contributed by atoms with Crippen LogP contribution in [0.1, 0.15) is 46.5 Å². The molecular weight excluding hydrogens is 927 g/mol. The monoisotopic (exact) mass is 946 g/mol. The normalized spacial score (nSPS) is 13.8. The molecule has 0 aromatic heterocycles. The molecule has 0 radical (unpaired) electrons. The predicted octanol–water partition coefficient (Wildman–Crippen LogP) is 6.26. The Morgan fingerprint density at radius 3 is 2.03 bits per heavy atom. The Morgan fingerprint density at radius 2 is 1.54 bits per heavy atom. The Kier molecular flexibility index (Phi) is 10.1. The highest BCUT2D eigenvalue weighted by molar-refractivity contribution is 14.1. The Balaban J connectivity index is 1.82. The largest absolute Gasteiger partial charge is 0.454 e. The molecule has 2 aromatic carbocycles. The minimum atomic E-state index is -1.14. The molecule has 1 heterocycles. The fraction of sp³-hybridized carbons (Fsp3) is 0.304. The van der Waals surface area contributed by atoms with Crippen LogP contribution in [0.3, 0.4) is 0 Å². The van der Waals surface area contributed by atoms with Gasteiger partial charge in [0.15, 0.2) is 6.61 Å². The zero-order valence-corrected chi connectivity index (χ0v) is 28.1. The number of hydrogen-bond acceptors (Lipinski definition) is 5. The lowest BCUT2D eigenvalue weighted by Crippen LogP contribution is -2.47. The second-order valence-electron chi connectivity index (χ2n) is 8.25. The summed E-state index contributed by atoms with van der Waals surface area (Å²) in [6, 6.07) is 3.86. The van der Waals surface area contributed by atoms with E-state index in [9.17, 15) is 19.2 Å². The van der Waals surface area contributed by atoms with E-state index in [0.29, 0.717) is 29.0 Å². The first-order valence-corrected chi connectivity index (χ1v) is 15.0. The van der Waals surface area contributed by atoms with Crippen LogP contribution >= 0.6 is 102 Å². The smallest absolute Gasteiger partial charge is 0.329 e. The van der Waals surface area contributed by atoms with Crippen molar-refractivity contribution in [3.8, 4) is 0 Å². The third-order valence-corrected chi connectivity index (χ3v) is 12.9. The average Bonchev–Trinajstić information content (AvgIpc) is 3.04. The standard InChI is InChI=1S/C23H19ClI4N2O5/c1-9(2)6-13(23(34)35-8-14(31)29-12-5-4-11(24)7-10(12)3)30-21(32)15-16(22(30)33)18(26)20(28)19(27)17(15)25/h4-5,7,9,13H,6,8H2,1-3H3,(H,29,31). The van der Waals surface area contributed by atoms with Crippen molar-refractivity contribution in [3.63, 3.8) is 0 Å². The van der Waals surface area contributed by atoms with E-state index in [1.807, 2.05) is 13.8 Å². The highest BCUT2D eigenvalue weighted by atomic mass is 127. The summed E-state index contributed by atoms with van der Waals surface area (Å²) in [4.78, 5) is 53.3. The topological polar surface area (TPSA) is 92.8 Å². The van der Waals surface area contributed by atoms with Crippen LogP contribution in [-0.4, -0.2) is 41.2 Å². The van der Waals surface area contributed by atoms with Crippen LogP contribution in [0.15, 0.2) is 18.2 Å². The summed E-state index contributed by atoms with van der Waals surface area (Å²) in [5.74, 6) is -2.40. The molecule has 0 saturated heterocycles. The highest BCUT2D eigenvalue weighted by Gasteiger charge is 2.47. The molecule has 35 heavy (non-hydrogen) atoms. The summed E-state index contributed by atoms with van der Waals surface area (Å²) < 4.78 is 8.41. The van der Waals surface area contributed by atoms with Gasteiger partial charge in [0.1, 0.15) is 6.04 Å². The first-order chi connectivity index (χ1) is 16.3. The minimum Gasteiger partial charge on any atom is -0.454 e. The van der Waals surface area contributed by atoms with E-state index in [0.717, 1.165) is 17.6 Å². The van der Waals surface area contributed by atoms with Gasteiger partial charge in [0.05, 0.1) is 11.1 Å². The second-order valence-corrected chi connectivity index (χ2v) is 13.0. The predicted molar refractivity (Wildman–Crippen MR) is 167 cm³/mol. The highest BCUT2D eigenvalue weighted by Crippen LogP contribution is 2.39. The van der Waals surface area contributed by atoms with Gasteiger partial charge >= 0.3 is 5.97 Å². The molecule has 3 amide bonds. The van der Waals surface area contributed by atoms with Crippen molar-refractivity contribution in [2.24, 2.45) is 5.92 Å². The number of esters is 1. The van der Waals surface area contributed by atoms with Gasteiger partial charge in [-0.3, -0.25) is 19.3 Å². The van der Waals surface area contributed by atoms with Crippen LogP contribution in [0.5, 0.6) is 0 Å². The summed E-state index contributed by atoms with van der Waals surface area (Å²) in [7, 11) is 0. The van der Waals surface area contributed by atoms with Crippen LogP contribution in [0.2, 0.25) is 5.02 Å². The summed E-state index contributed by atoms with van der Waals surface area (Å²) in [5.41, 5.74) is 1.92. The maximum atomic E-state index is 13.4. The number of anilines is 1. The molecule has 186 valence electrons. The summed E-state index contributed by atoms with van der Waals surface area (Å²) in [6.45, 7) is 5.00. The maximum absolute atomic E-state index is 13.4. The number of nitrogens with zero attached hydrogens (tertiary/aromatic N) is 1. The molecule has 1 aliphatic heterocycles. The zero-order chi connectivity index (χ0) is 26.2. The molecule has 1 atom stereocenters. The van der Waals surface area contributed by atoms with Crippen molar-refractivity contribution in [2.75, 3.05) is 11.9 Å².